The zero-order valence-electron chi connectivity index (χ0n) is 10.3. The topological polar surface area (TPSA) is 47.1 Å². The number of nitrogens with two attached hydrogens (primary N) is 1. The number of fused-ring (bicyclic) bond motifs is 1. The van der Waals surface area contributed by atoms with Gasteiger partial charge in [0, 0.05) is 12.2 Å². The highest BCUT2D eigenvalue weighted by atomic mass is 35.5. The predicted octanol–water partition coefficient (Wildman–Crippen LogP) is 1.99. The van der Waals surface area contributed by atoms with E-state index in [1.807, 2.05) is 24.5 Å². The van der Waals surface area contributed by atoms with Crippen LogP contribution in [-0.4, -0.2) is 35.1 Å². The second-order valence-electron chi connectivity index (χ2n) is 4.34. The van der Waals surface area contributed by atoms with Gasteiger partial charge in [-0.2, -0.15) is 0 Å². The summed E-state index contributed by atoms with van der Waals surface area (Å²) < 4.78 is 2.18. The van der Waals surface area contributed by atoms with Gasteiger partial charge < -0.3 is 15.2 Å². The van der Waals surface area contributed by atoms with Crippen molar-refractivity contribution in [3.63, 3.8) is 0 Å². The minimum atomic E-state index is 0. The molecule has 0 aliphatic heterocycles. The number of aromatic nitrogens is 2. The van der Waals surface area contributed by atoms with E-state index in [4.69, 9.17) is 5.73 Å². The number of nitrogen functional groups attached to an aromatic ring is 1. The van der Waals surface area contributed by atoms with Crippen molar-refractivity contribution in [3.05, 3.63) is 24.5 Å². The summed E-state index contributed by atoms with van der Waals surface area (Å²) in [6.45, 7) is 2.09. The molecule has 0 aliphatic carbocycles. The molecule has 1 aromatic carbocycles. The van der Waals surface area contributed by atoms with Crippen molar-refractivity contribution in [2.45, 2.75) is 13.0 Å². The zero-order valence-corrected chi connectivity index (χ0v) is 11.1. The van der Waals surface area contributed by atoms with Crippen molar-refractivity contribution in [1.29, 1.82) is 0 Å². The van der Waals surface area contributed by atoms with Gasteiger partial charge >= 0.3 is 0 Å². The number of rotatable bonds is 4. The Balaban J connectivity index is 0.00000144. The molecule has 0 bridgehead atoms. The lowest BCUT2D eigenvalue weighted by atomic mass is 10.3. The minimum Gasteiger partial charge on any atom is -0.399 e. The van der Waals surface area contributed by atoms with Gasteiger partial charge in [0.15, 0.2) is 0 Å². The number of halogens is 1. The normalized spacial score (nSPS) is 10.8. The van der Waals surface area contributed by atoms with Crippen LogP contribution in [-0.2, 0) is 6.54 Å². The first-order valence-electron chi connectivity index (χ1n) is 5.52. The number of anilines is 1. The summed E-state index contributed by atoms with van der Waals surface area (Å²) in [5.41, 5.74) is 8.62. The van der Waals surface area contributed by atoms with Gasteiger partial charge in [0.05, 0.1) is 17.4 Å². The SMILES string of the molecule is CN(C)CCCn1cnc2cc(N)ccc21.Cl. The highest BCUT2D eigenvalue weighted by Crippen LogP contribution is 2.16. The molecule has 0 spiro atoms. The fourth-order valence-electron chi connectivity index (χ4n) is 1.82. The number of aryl methyl sites for hydroxylation is 1. The Morgan fingerprint density at radius 2 is 2.12 bits per heavy atom. The molecule has 0 saturated carbocycles. The zero-order chi connectivity index (χ0) is 11.5. The molecule has 0 amide bonds. The highest BCUT2D eigenvalue weighted by Gasteiger charge is 2.02. The average molecular weight is 255 g/mol. The summed E-state index contributed by atoms with van der Waals surface area (Å²) in [7, 11) is 4.18. The van der Waals surface area contributed by atoms with Crippen molar-refractivity contribution < 1.29 is 0 Å². The Hall–Kier alpha value is -1.26. The molecule has 0 fully saturated rings. The molecule has 0 unspecified atom stereocenters. The molecular formula is C12H19ClN4. The van der Waals surface area contributed by atoms with Gasteiger partial charge in [0.1, 0.15) is 0 Å². The summed E-state index contributed by atoms with van der Waals surface area (Å²) in [5.74, 6) is 0. The van der Waals surface area contributed by atoms with E-state index in [1.54, 1.807) is 0 Å². The third-order valence-electron chi connectivity index (χ3n) is 2.65. The van der Waals surface area contributed by atoms with Crippen molar-refractivity contribution in [2.75, 3.05) is 26.4 Å². The molecule has 94 valence electrons. The standard InChI is InChI=1S/C12H18N4.ClH/c1-15(2)6-3-7-16-9-14-11-8-10(13)4-5-12(11)16;/h4-5,8-9H,3,6-7,13H2,1-2H3;1H. The highest BCUT2D eigenvalue weighted by molar-refractivity contribution is 5.85. The minimum absolute atomic E-state index is 0. The largest absolute Gasteiger partial charge is 0.399 e. The van der Waals surface area contributed by atoms with Gasteiger partial charge in [-0.05, 0) is 45.3 Å². The van der Waals surface area contributed by atoms with Crippen LogP contribution in [0.3, 0.4) is 0 Å². The number of hydrogen-bond donors (Lipinski definition) is 1. The Morgan fingerprint density at radius 1 is 1.35 bits per heavy atom. The van der Waals surface area contributed by atoms with E-state index >= 15 is 0 Å². The molecule has 0 radical (unpaired) electrons. The maximum Gasteiger partial charge on any atom is 0.0958 e. The van der Waals surface area contributed by atoms with Crippen LogP contribution in [0, 0.1) is 0 Å². The van der Waals surface area contributed by atoms with Crippen LogP contribution in [0.2, 0.25) is 0 Å². The number of hydrogen-bond acceptors (Lipinski definition) is 3. The fourth-order valence-corrected chi connectivity index (χ4v) is 1.82. The molecule has 2 rings (SSSR count). The monoisotopic (exact) mass is 254 g/mol. The second kappa shape index (κ2) is 5.89. The molecule has 1 aromatic heterocycles. The maximum atomic E-state index is 5.72. The Morgan fingerprint density at radius 3 is 2.82 bits per heavy atom. The van der Waals surface area contributed by atoms with Gasteiger partial charge in [-0.25, -0.2) is 4.98 Å². The first-order valence-corrected chi connectivity index (χ1v) is 5.52. The summed E-state index contributed by atoms with van der Waals surface area (Å²) in [5, 5.41) is 0. The van der Waals surface area contributed by atoms with Crippen LogP contribution in [0.25, 0.3) is 11.0 Å². The quantitative estimate of drug-likeness (QED) is 0.849. The van der Waals surface area contributed by atoms with Crippen LogP contribution in [0.5, 0.6) is 0 Å². The molecule has 17 heavy (non-hydrogen) atoms. The van der Waals surface area contributed by atoms with Gasteiger partial charge in [0.2, 0.25) is 0 Å². The van der Waals surface area contributed by atoms with E-state index in [2.05, 4.69) is 28.5 Å². The first kappa shape index (κ1) is 13.8. The Labute approximate surface area is 108 Å². The van der Waals surface area contributed by atoms with Crippen LogP contribution < -0.4 is 5.73 Å². The Kier molecular flexibility index (Phi) is 4.78. The summed E-state index contributed by atoms with van der Waals surface area (Å²) in [6.07, 6.45) is 3.02. The van der Waals surface area contributed by atoms with Crippen LogP contribution >= 0.6 is 12.4 Å². The lowest BCUT2D eigenvalue weighted by Crippen LogP contribution is -2.14. The van der Waals surface area contributed by atoms with E-state index in [-0.39, 0.29) is 12.4 Å². The first-order chi connectivity index (χ1) is 7.66. The molecule has 0 atom stereocenters. The molecule has 4 nitrogen and oxygen atoms in total. The van der Waals surface area contributed by atoms with E-state index < -0.39 is 0 Å². The van der Waals surface area contributed by atoms with Gasteiger partial charge in [-0.1, -0.05) is 0 Å². The van der Waals surface area contributed by atoms with Crippen molar-refractivity contribution >= 4 is 29.1 Å². The lowest BCUT2D eigenvalue weighted by molar-refractivity contribution is 0.387. The number of imidazole rings is 1. The summed E-state index contributed by atoms with van der Waals surface area (Å²) in [4.78, 5) is 6.54. The van der Waals surface area contributed by atoms with Gasteiger partial charge in [-0.15, -0.1) is 12.4 Å². The summed E-state index contributed by atoms with van der Waals surface area (Å²) >= 11 is 0. The molecule has 5 heteroatoms. The Bertz CT molecular complexity index is 478. The lowest BCUT2D eigenvalue weighted by Gasteiger charge is -2.09. The van der Waals surface area contributed by atoms with Crippen LogP contribution in [0.1, 0.15) is 6.42 Å². The van der Waals surface area contributed by atoms with Crippen molar-refractivity contribution in [2.24, 2.45) is 0 Å². The fraction of sp³-hybridized carbons (Fsp3) is 0.417. The van der Waals surface area contributed by atoms with Gasteiger partial charge in [0.25, 0.3) is 0 Å². The number of nitrogens with zero attached hydrogens (tertiary/aromatic N) is 3. The van der Waals surface area contributed by atoms with E-state index in [0.29, 0.717) is 0 Å². The molecule has 2 aromatic rings. The average Bonchev–Trinajstić information content (AvgIpc) is 2.60. The predicted molar refractivity (Wildman–Crippen MR) is 74.6 cm³/mol. The molecule has 0 aliphatic rings. The van der Waals surface area contributed by atoms with Crippen molar-refractivity contribution in [1.82, 2.24) is 14.5 Å². The molecule has 1 heterocycles. The van der Waals surface area contributed by atoms with E-state index in [0.717, 1.165) is 36.2 Å². The summed E-state index contributed by atoms with van der Waals surface area (Å²) in [6, 6.07) is 5.87. The molecular weight excluding hydrogens is 236 g/mol. The second-order valence-corrected chi connectivity index (χ2v) is 4.34. The van der Waals surface area contributed by atoms with E-state index in [9.17, 15) is 0 Å². The third kappa shape index (κ3) is 3.35. The van der Waals surface area contributed by atoms with Crippen LogP contribution in [0.4, 0.5) is 5.69 Å². The van der Waals surface area contributed by atoms with Crippen molar-refractivity contribution in [3.8, 4) is 0 Å². The van der Waals surface area contributed by atoms with Gasteiger partial charge in [-0.3, -0.25) is 0 Å². The smallest absolute Gasteiger partial charge is 0.0958 e. The van der Waals surface area contributed by atoms with E-state index in [1.165, 1.54) is 0 Å². The maximum absolute atomic E-state index is 5.72. The molecule has 2 N–H and O–H groups in total. The molecule has 0 saturated heterocycles. The van der Waals surface area contributed by atoms with Crippen LogP contribution in [0.15, 0.2) is 24.5 Å². The number of benzene rings is 1. The third-order valence-corrected chi connectivity index (χ3v) is 2.65.